The number of sulfonamides is 1. The zero-order valence-electron chi connectivity index (χ0n) is 16.2. The normalized spacial score (nSPS) is 11.4. The highest BCUT2D eigenvalue weighted by atomic mass is 32.2. The molecule has 29 heavy (non-hydrogen) atoms. The molecule has 3 N–H and O–H groups in total. The van der Waals surface area contributed by atoms with Crippen molar-refractivity contribution < 1.29 is 13.2 Å². The monoisotopic (exact) mass is 431 g/mol. The van der Waals surface area contributed by atoms with Crippen LogP contribution in [0.5, 0.6) is 0 Å². The van der Waals surface area contributed by atoms with E-state index in [0.29, 0.717) is 16.4 Å². The molecule has 1 aromatic heterocycles. The van der Waals surface area contributed by atoms with Gasteiger partial charge in [0.25, 0.3) is 0 Å². The number of thioether (sulfide) groups is 1. The molecule has 0 radical (unpaired) electrons. The third kappa shape index (κ3) is 5.03. The Morgan fingerprint density at radius 1 is 1.10 bits per heavy atom. The Morgan fingerprint density at radius 2 is 1.83 bits per heavy atom. The van der Waals surface area contributed by atoms with E-state index in [4.69, 9.17) is 5.14 Å². The lowest BCUT2D eigenvalue weighted by Gasteiger charge is -2.10. The van der Waals surface area contributed by atoms with Crippen LogP contribution < -0.4 is 10.5 Å². The van der Waals surface area contributed by atoms with Gasteiger partial charge in [0.1, 0.15) is 6.33 Å². The maximum atomic E-state index is 12.3. The van der Waals surface area contributed by atoms with E-state index in [1.54, 1.807) is 25.4 Å². The molecule has 0 aliphatic heterocycles. The number of anilines is 1. The third-order valence-electron chi connectivity index (χ3n) is 4.40. The van der Waals surface area contributed by atoms with Crippen LogP contribution in [-0.2, 0) is 14.8 Å². The van der Waals surface area contributed by atoms with Gasteiger partial charge in [0.2, 0.25) is 15.9 Å². The zero-order valence-corrected chi connectivity index (χ0v) is 17.8. The summed E-state index contributed by atoms with van der Waals surface area (Å²) in [6.07, 6.45) is 1.60. The number of carbonyl (C=O) groups excluding carboxylic acids is 1. The van der Waals surface area contributed by atoms with Crippen molar-refractivity contribution in [2.45, 2.75) is 30.8 Å². The van der Waals surface area contributed by atoms with Gasteiger partial charge in [0.15, 0.2) is 5.16 Å². The fourth-order valence-corrected chi connectivity index (χ4v) is 4.22. The molecule has 0 aliphatic carbocycles. The number of carbonyl (C=O) groups is 1. The fraction of sp³-hybridized carbons (Fsp3) is 0.211. The smallest absolute Gasteiger partial charge is 0.238 e. The second-order valence-electron chi connectivity index (χ2n) is 6.61. The van der Waals surface area contributed by atoms with E-state index in [-0.39, 0.29) is 16.6 Å². The molecule has 0 atom stereocenters. The highest BCUT2D eigenvalue weighted by Gasteiger charge is 2.14. The number of primary sulfonamides is 1. The molecule has 0 aliphatic rings. The SMILES string of the molecule is Cc1ccc(-n2cnnc2SCC(=O)Nc2ccc(C)c(S(N)(=O)=O)c2)cc1C. The van der Waals surface area contributed by atoms with Crippen LogP contribution in [0.3, 0.4) is 0 Å². The van der Waals surface area contributed by atoms with Crippen LogP contribution in [0.4, 0.5) is 5.69 Å². The van der Waals surface area contributed by atoms with Crippen molar-refractivity contribution >= 4 is 33.4 Å². The van der Waals surface area contributed by atoms with Gasteiger partial charge in [-0.25, -0.2) is 13.6 Å². The van der Waals surface area contributed by atoms with Crippen molar-refractivity contribution in [3.05, 3.63) is 59.4 Å². The van der Waals surface area contributed by atoms with Crippen molar-refractivity contribution in [3.8, 4) is 5.69 Å². The number of nitrogens with two attached hydrogens (primary N) is 1. The summed E-state index contributed by atoms with van der Waals surface area (Å²) in [5.74, 6) is -0.212. The van der Waals surface area contributed by atoms with E-state index in [1.807, 2.05) is 36.6 Å². The lowest BCUT2D eigenvalue weighted by molar-refractivity contribution is -0.113. The number of nitrogens with zero attached hydrogens (tertiary/aromatic N) is 3. The lowest BCUT2D eigenvalue weighted by Crippen LogP contribution is -2.17. The van der Waals surface area contributed by atoms with Gasteiger partial charge >= 0.3 is 0 Å². The molecule has 8 nitrogen and oxygen atoms in total. The van der Waals surface area contributed by atoms with Gasteiger partial charge < -0.3 is 5.32 Å². The van der Waals surface area contributed by atoms with Gasteiger partial charge in [0.05, 0.1) is 10.6 Å². The average molecular weight is 432 g/mol. The molecule has 1 amide bonds. The first kappa shape index (κ1) is 21.0. The summed E-state index contributed by atoms with van der Waals surface area (Å²) in [6, 6.07) is 10.6. The highest BCUT2D eigenvalue weighted by Crippen LogP contribution is 2.23. The minimum absolute atomic E-state index is 0.0163. The van der Waals surface area contributed by atoms with Crippen LogP contribution in [0, 0.1) is 20.8 Å². The maximum absolute atomic E-state index is 12.3. The minimum Gasteiger partial charge on any atom is -0.325 e. The molecule has 0 unspecified atom stereocenters. The largest absolute Gasteiger partial charge is 0.325 e. The minimum atomic E-state index is -3.86. The van der Waals surface area contributed by atoms with E-state index < -0.39 is 10.0 Å². The average Bonchev–Trinajstić information content (AvgIpc) is 3.11. The molecule has 0 bridgehead atoms. The van der Waals surface area contributed by atoms with Crippen molar-refractivity contribution in [1.29, 1.82) is 0 Å². The molecule has 152 valence electrons. The fourth-order valence-electron chi connectivity index (χ4n) is 2.69. The van der Waals surface area contributed by atoms with Crippen LogP contribution >= 0.6 is 11.8 Å². The Balaban J connectivity index is 1.70. The highest BCUT2D eigenvalue weighted by molar-refractivity contribution is 7.99. The molecule has 3 aromatic rings. The van der Waals surface area contributed by atoms with E-state index in [0.717, 1.165) is 11.3 Å². The van der Waals surface area contributed by atoms with Crippen LogP contribution in [-0.4, -0.2) is 34.8 Å². The van der Waals surface area contributed by atoms with Crippen molar-refractivity contribution in [2.75, 3.05) is 11.1 Å². The Bertz CT molecular complexity index is 1170. The molecule has 0 saturated carbocycles. The number of nitrogens with one attached hydrogen (secondary N) is 1. The second-order valence-corrected chi connectivity index (χ2v) is 9.09. The predicted molar refractivity (Wildman–Crippen MR) is 113 cm³/mol. The standard InChI is InChI=1S/C19H21N5O3S2/c1-12-5-7-16(8-14(12)3)24-11-21-23-19(24)28-10-18(25)22-15-6-4-13(2)17(9-15)29(20,26)27/h4-9,11H,10H2,1-3H3,(H,22,25)(H2,20,26,27). The summed E-state index contributed by atoms with van der Waals surface area (Å²) in [7, 11) is -3.86. The molecule has 0 fully saturated rings. The second kappa shape index (κ2) is 8.36. The van der Waals surface area contributed by atoms with Crippen LogP contribution in [0.1, 0.15) is 16.7 Å². The van der Waals surface area contributed by atoms with E-state index >= 15 is 0 Å². The summed E-state index contributed by atoms with van der Waals surface area (Å²) in [6.45, 7) is 5.71. The Labute approximate surface area is 173 Å². The Kier molecular flexibility index (Phi) is 6.06. The van der Waals surface area contributed by atoms with E-state index in [1.165, 1.54) is 23.4 Å². The molecule has 10 heteroatoms. The van der Waals surface area contributed by atoms with Gasteiger partial charge in [-0.05, 0) is 61.7 Å². The van der Waals surface area contributed by atoms with Crippen molar-refractivity contribution in [3.63, 3.8) is 0 Å². The first-order chi connectivity index (χ1) is 13.6. The number of amides is 1. The van der Waals surface area contributed by atoms with Crippen LogP contribution in [0.15, 0.2) is 52.8 Å². The predicted octanol–water partition coefficient (Wildman–Crippen LogP) is 2.57. The Morgan fingerprint density at radius 3 is 2.52 bits per heavy atom. The summed E-state index contributed by atoms with van der Waals surface area (Å²) in [5.41, 5.74) is 4.13. The summed E-state index contributed by atoms with van der Waals surface area (Å²) < 4.78 is 25.1. The number of rotatable bonds is 6. The topological polar surface area (TPSA) is 120 Å². The number of hydrogen-bond acceptors (Lipinski definition) is 6. The molecular formula is C19H21N5O3S2. The lowest BCUT2D eigenvalue weighted by atomic mass is 10.1. The first-order valence-electron chi connectivity index (χ1n) is 8.69. The van der Waals surface area contributed by atoms with Gasteiger partial charge in [-0.1, -0.05) is 23.9 Å². The van der Waals surface area contributed by atoms with Crippen molar-refractivity contribution in [2.24, 2.45) is 5.14 Å². The third-order valence-corrected chi connectivity index (χ3v) is 6.39. The maximum Gasteiger partial charge on any atom is 0.238 e. The number of aromatic nitrogens is 3. The summed E-state index contributed by atoms with van der Waals surface area (Å²) in [5, 5.41) is 16.5. The Hall–Kier alpha value is -2.69. The molecule has 3 rings (SSSR count). The number of benzene rings is 2. The van der Waals surface area contributed by atoms with Crippen LogP contribution in [0.2, 0.25) is 0 Å². The van der Waals surface area contributed by atoms with Crippen LogP contribution in [0.25, 0.3) is 5.69 Å². The quantitative estimate of drug-likeness (QED) is 0.579. The van der Waals surface area contributed by atoms with Gasteiger partial charge in [-0.3, -0.25) is 9.36 Å². The molecule has 2 aromatic carbocycles. The van der Waals surface area contributed by atoms with E-state index in [9.17, 15) is 13.2 Å². The number of hydrogen-bond donors (Lipinski definition) is 2. The molecule has 0 saturated heterocycles. The molecule has 0 spiro atoms. The van der Waals surface area contributed by atoms with Gasteiger partial charge in [-0.15, -0.1) is 10.2 Å². The first-order valence-corrected chi connectivity index (χ1v) is 11.2. The van der Waals surface area contributed by atoms with Gasteiger partial charge in [0, 0.05) is 11.4 Å². The molecular weight excluding hydrogens is 410 g/mol. The summed E-state index contributed by atoms with van der Waals surface area (Å²) >= 11 is 1.23. The van der Waals surface area contributed by atoms with Crippen molar-refractivity contribution in [1.82, 2.24) is 14.8 Å². The summed E-state index contributed by atoms with van der Waals surface area (Å²) in [4.78, 5) is 12.3. The van der Waals surface area contributed by atoms with Gasteiger partial charge in [-0.2, -0.15) is 0 Å². The zero-order chi connectivity index (χ0) is 21.2. The number of aryl methyl sites for hydroxylation is 3. The van der Waals surface area contributed by atoms with E-state index in [2.05, 4.69) is 15.5 Å². The molecule has 1 heterocycles.